The van der Waals surface area contributed by atoms with Crippen molar-refractivity contribution in [1.82, 2.24) is 0 Å². The molecule has 0 rings (SSSR count). The Morgan fingerprint density at radius 2 is 1.35 bits per heavy atom. The second-order valence-electron chi connectivity index (χ2n) is 5.28. The van der Waals surface area contributed by atoms with Gasteiger partial charge in [-0.25, -0.2) is 0 Å². The maximum Gasteiger partial charge on any atom is 0.129 e. The second kappa shape index (κ2) is 10.5. The minimum absolute atomic E-state index is 0.325. The molecule has 0 amide bonds. The Labute approximate surface area is 107 Å². The highest BCUT2D eigenvalue weighted by Crippen LogP contribution is 2.09. The summed E-state index contributed by atoms with van der Waals surface area (Å²) in [4.78, 5) is 15.3. The zero-order chi connectivity index (χ0) is 13.1. The van der Waals surface area contributed by atoms with Gasteiger partial charge in [-0.2, -0.15) is 0 Å². The van der Waals surface area contributed by atoms with Crippen LogP contribution in [0.3, 0.4) is 0 Å². The summed E-state index contributed by atoms with van der Waals surface area (Å²) in [6.45, 7) is 8.06. The summed E-state index contributed by atoms with van der Waals surface area (Å²) < 4.78 is 0. The van der Waals surface area contributed by atoms with Crippen molar-refractivity contribution < 1.29 is 4.79 Å². The van der Waals surface area contributed by atoms with Crippen LogP contribution in [0.4, 0.5) is 0 Å². The first-order valence-corrected chi connectivity index (χ1v) is 7.05. The largest absolute Gasteiger partial charge is 0.300 e. The Morgan fingerprint density at radius 3 is 1.82 bits per heavy atom. The van der Waals surface area contributed by atoms with E-state index >= 15 is 0 Å². The number of aliphatic imine (C=N–C) groups is 1. The van der Waals surface area contributed by atoms with Gasteiger partial charge in [0, 0.05) is 18.2 Å². The van der Waals surface area contributed by atoms with Crippen molar-refractivity contribution in [2.75, 3.05) is 0 Å². The van der Waals surface area contributed by atoms with Gasteiger partial charge < -0.3 is 4.79 Å². The average molecular weight is 239 g/mol. The minimum atomic E-state index is 0.325. The first-order valence-electron chi connectivity index (χ1n) is 7.05. The van der Waals surface area contributed by atoms with Gasteiger partial charge in [0.25, 0.3) is 0 Å². The van der Waals surface area contributed by atoms with Gasteiger partial charge in [0.05, 0.1) is 0 Å². The van der Waals surface area contributed by atoms with Crippen molar-refractivity contribution in [3.8, 4) is 0 Å². The normalized spacial score (nSPS) is 12.2. The van der Waals surface area contributed by atoms with Crippen LogP contribution in [0.2, 0.25) is 0 Å². The van der Waals surface area contributed by atoms with Crippen LogP contribution in [0, 0.1) is 0 Å². The lowest BCUT2D eigenvalue weighted by atomic mass is 10.1. The summed E-state index contributed by atoms with van der Waals surface area (Å²) in [5.74, 6) is 0.325. The monoisotopic (exact) mass is 239 g/mol. The van der Waals surface area contributed by atoms with Gasteiger partial charge in [0.15, 0.2) is 0 Å². The van der Waals surface area contributed by atoms with Gasteiger partial charge in [-0.1, -0.05) is 25.7 Å². The van der Waals surface area contributed by atoms with Crippen LogP contribution < -0.4 is 0 Å². The molecule has 0 radical (unpaired) electrons. The van der Waals surface area contributed by atoms with E-state index < -0.39 is 0 Å². The first-order chi connectivity index (χ1) is 8.02. The highest BCUT2D eigenvalue weighted by atomic mass is 16.1. The van der Waals surface area contributed by atoms with Crippen molar-refractivity contribution in [2.45, 2.75) is 85.1 Å². The van der Waals surface area contributed by atoms with E-state index in [4.69, 9.17) is 0 Å². The number of rotatable bonds is 10. The molecule has 0 aromatic heterocycles. The molecule has 2 nitrogen and oxygen atoms in total. The van der Waals surface area contributed by atoms with E-state index in [0.29, 0.717) is 11.8 Å². The lowest BCUT2D eigenvalue weighted by Gasteiger charge is -2.03. The van der Waals surface area contributed by atoms with Crippen LogP contribution in [-0.4, -0.2) is 17.5 Å². The Kier molecular flexibility index (Phi) is 10.1. The molecule has 0 aromatic rings. The van der Waals surface area contributed by atoms with Crippen molar-refractivity contribution in [1.29, 1.82) is 0 Å². The smallest absolute Gasteiger partial charge is 0.129 e. The molecule has 0 aliphatic carbocycles. The van der Waals surface area contributed by atoms with Crippen molar-refractivity contribution >= 4 is 11.5 Å². The van der Waals surface area contributed by atoms with Gasteiger partial charge in [-0.05, 0) is 47.0 Å². The Balaban J connectivity index is 3.26. The predicted octanol–water partition coefficient (Wildman–Crippen LogP) is 4.57. The number of unbranched alkanes of at least 4 members (excludes halogenated alkanes) is 5. The third-order valence-electron chi connectivity index (χ3n) is 2.80. The molecule has 0 saturated heterocycles. The SMILES string of the molecule is CC(=O)CCCCCCCCC(C)=NC(C)C. The molecule has 0 aliphatic heterocycles. The summed E-state index contributed by atoms with van der Waals surface area (Å²) >= 11 is 0. The Bertz CT molecular complexity index is 231. The molecule has 0 aliphatic rings. The maximum absolute atomic E-state index is 10.7. The van der Waals surface area contributed by atoms with E-state index in [-0.39, 0.29) is 0 Å². The van der Waals surface area contributed by atoms with Gasteiger partial charge in [-0.15, -0.1) is 0 Å². The van der Waals surface area contributed by atoms with Gasteiger partial charge in [0.2, 0.25) is 0 Å². The lowest BCUT2D eigenvalue weighted by Crippen LogP contribution is -1.98. The predicted molar refractivity (Wildman–Crippen MR) is 75.9 cm³/mol. The van der Waals surface area contributed by atoms with Gasteiger partial charge >= 0.3 is 0 Å². The van der Waals surface area contributed by atoms with Crippen LogP contribution in [-0.2, 0) is 4.79 Å². The van der Waals surface area contributed by atoms with E-state index in [1.807, 2.05) is 0 Å². The molecular formula is C15H29NO. The molecular weight excluding hydrogens is 210 g/mol. The summed E-state index contributed by atoms with van der Waals surface area (Å²) in [6, 6.07) is 0.432. The molecule has 0 spiro atoms. The van der Waals surface area contributed by atoms with Crippen molar-refractivity contribution in [2.24, 2.45) is 4.99 Å². The quantitative estimate of drug-likeness (QED) is 0.406. The average Bonchev–Trinajstić information content (AvgIpc) is 2.20. The Hall–Kier alpha value is -0.660. The maximum atomic E-state index is 10.7. The number of carbonyl (C=O) groups is 1. The third-order valence-corrected chi connectivity index (χ3v) is 2.80. The molecule has 0 saturated carbocycles. The second-order valence-corrected chi connectivity index (χ2v) is 5.28. The first kappa shape index (κ1) is 16.3. The number of carbonyl (C=O) groups excluding carboxylic acids is 1. The molecule has 0 heterocycles. The molecule has 0 unspecified atom stereocenters. The van der Waals surface area contributed by atoms with E-state index in [1.54, 1.807) is 6.92 Å². The number of nitrogens with zero attached hydrogens (tertiary/aromatic N) is 1. The zero-order valence-electron chi connectivity index (χ0n) is 12.1. The molecule has 17 heavy (non-hydrogen) atoms. The van der Waals surface area contributed by atoms with Gasteiger partial charge in [-0.3, -0.25) is 4.99 Å². The molecule has 0 atom stereocenters. The molecule has 0 bridgehead atoms. The number of hydrogen-bond donors (Lipinski definition) is 0. The number of ketones is 1. The standard InChI is InChI=1S/C15H29NO/c1-13(2)16-14(3)11-9-7-5-6-8-10-12-15(4)17/h13H,5-12H2,1-4H3. The van der Waals surface area contributed by atoms with Crippen LogP contribution in [0.15, 0.2) is 4.99 Å². The van der Waals surface area contributed by atoms with E-state index in [0.717, 1.165) is 19.3 Å². The van der Waals surface area contributed by atoms with Gasteiger partial charge in [0.1, 0.15) is 5.78 Å². The number of hydrogen-bond acceptors (Lipinski definition) is 2. The van der Waals surface area contributed by atoms with Crippen LogP contribution >= 0.6 is 0 Å². The van der Waals surface area contributed by atoms with Crippen LogP contribution in [0.25, 0.3) is 0 Å². The molecule has 0 fully saturated rings. The zero-order valence-corrected chi connectivity index (χ0v) is 12.1. The van der Waals surface area contributed by atoms with Crippen LogP contribution in [0.1, 0.15) is 79.1 Å². The molecule has 2 heteroatoms. The Morgan fingerprint density at radius 1 is 0.882 bits per heavy atom. The fraction of sp³-hybridized carbons (Fsp3) is 0.867. The molecule has 0 N–H and O–H groups in total. The van der Waals surface area contributed by atoms with E-state index in [1.165, 1.54) is 37.8 Å². The third kappa shape index (κ3) is 13.3. The highest BCUT2D eigenvalue weighted by molar-refractivity contribution is 5.81. The summed E-state index contributed by atoms with van der Waals surface area (Å²) in [7, 11) is 0. The minimum Gasteiger partial charge on any atom is -0.300 e. The van der Waals surface area contributed by atoms with E-state index in [9.17, 15) is 4.79 Å². The highest BCUT2D eigenvalue weighted by Gasteiger charge is 1.96. The van der Waals surface area contributed by atoms with Crippen molar-refractivity contribution in [3.63, 3.8) is 0 Å². The summed E-state index contributed by atoms with van der Waals surface area (Å²) in [6.07, 6.45) is 9.31. The number of Topliss-reactive ketones (excluding diaryl/α,β-unsaturated/α-hetero) is 1. The molecule has 0 aromatic carbocycles. The fourth-order valence-corrected chi connectivity index (χ4v) is 1.97. The topological polar surface area (TPSA) is 29.4 Å². The van der Waals surface area contributed by atoms with E-state index in [2.05, 4.69) is 25.8 Å². The summed E-state index contributed by atoms with van der Waals surface area (Å²) in [5, 5.41) is 0. The fourth-order valence-electron chi connectivity index (χ4n) is 1.97. The van der Waals surface area contributed by atoms with Crippen LogP contribution in [0.5, 0.6) is 0 Å². The summed E-state index contributed by atoms with van der Waals surface area (Å²) in [5.41, 5.74) is 1.29. The van der Waals surface area contributed by atoms with Crippen molar-refractivity contribution in [3.05, 3.63) is 0 Å². The molecule has 100 valence electrons. The lowest BCUT2D eigenvalue weighted by molar-refractivity contribution is -0.117.